The lowest BCUT2D eigenvalue weighted by Crippen LogP contribution is -2.53. The highest BCUT2D eigenvalue weighted by Crippen LogP contribution is 2.25. The van der Waals surface area contributed by atoms with Crippen LogP contribution in [0, 0.1) is 6.92 Å². The topological polar surface area (TPSA) is 96.0 Å². The van der Waals surface area contributed by atoms with E-state index in [-0.39, 0.29) is 23.4 Å². The molecule has 1 aliphatic carbocycles. The second-order valence-corrected chi connectivity index (χ2v) is 12.4. The fraction of sp³-hybridized carbons (Fsp3) is 0.375. The Morgan fingerprint density at radius 2 is 1.56 bits per heavy atom. The van der Waals surface area contributed by atoms with Gasteiger partial charge in [0.05, 0.1) is 17.7 Å². The van der Waals surface area contributed by atoms with Crippen LogP contribution in [-0.4, -0.2) is 50.9 Å². The van der Waals surface area contributed by atoms with Crippen molar-refractivity contribution in [1.82, 2.24) is 10.2 Å². The van der Waals surface area contributed by atoms with Gasteiger partial charge in [-0.15, -0.1) is 0 Å². The summed E-state index contributed by atoms with van der Waals surface area (Å²) in [6, 6.07) is 21.6. The molecule has 9 heteroatoms. The van der Waals surface area contributed by atoms with Crippen LogP contribution in [0.25, 0.3) is 0 Å². The van der Waals surface area contributed by atoms with Crippen molar-refractivity contribution < 1.29 is 22.7 Å². The van der Waals surface area contributed by atoms with Crippen LogP contribution in [0.1, 0.15) is 50.2 Å². The van der Waals surface area contributed by atoms with Crippen LogP contribution >= 0.6 is 0 Å². The average molecular weight is 578 g/mol. The van der Waals surface area contributed by atoms with Gasteiger partial charge in [0.15, 0.2) is 0 Å². The Kier molecular flexibility index (Phi) is 10.0. The Balaban J connectivity index is 1.65. The number of anilines is 1. The number of hydrogen-bond acceptors (Lipinski definition) is 5. The van der Waals surface area contributed by atoms with E-state index < -0.39 is 28.5 Å². The van der Waals surface area contributed by atoms with E-state index in [0.717, 1.165) is 47.5 Å². The van der Waals surface area contributed by atoms with Gasteiger partial charge in [-0.3, -0.25) is 13.9 Å². The molecule has 0 unspecified atom stereocenters. The highest BCUT2D eigenvalue weighted by atomic mass is 32.2. The third kappa shape index (κ3) is 7.67. The summed E-state index contributed by atoms with van der Waals surface area (Å²) < 4.78 is 34.1. The van der Waals surface area contributed by atoms with Crippen molar-refractivity contribution in [3.8, 4) is 5.75 Å². The van der Waals surface area contributed by atoms with Gasteiger partial charge in [0.1, 0.15) is 18.3 Å². The number of methoxy groups -OCH3 is 1. The lowest BCUT2D eigenvalue weighted by atomic mass is 9.95. The summed E-state index contributed by atoms with van der Waals surface area (Å²) in [4.78, 5) is 29.0. The Morgan fingerprint density at radius 3 is 2.17 bits per heavy atom. The molecule has 4 rings (SSSR count). The van der Waals surface area contributed by atoms with Gasteiger partial charge in [0, 0.05) is 12.6 Å². The third-order valence-electron chi connectivity index (χ3n) is 7.56. The molecule has 0 bridgehead atoms. The second kappa shape index (κ2) is 13.7. The van der Waals surface area contributed by atoms with Gasteiger partial charge in [-0.2, -0.15) is 0 Å². The van der Waals surface area contributed by atoms with Crippen LogP contribution in [0.3, 0.4) is 0 Å². The molecule has 0 saturated heterocycles. The number of nitrogens with one attached hydrogen (secondary N) is 1. The fourth-order valence-electron chi connectivity index (χ4n) is 5.04. The number of ether oxygens (including phenoxy) is 1. The molecule has 1 atom stereocenters. The molecule has 0 spiro atoms. The van der Waals surface area contributed by atoms with Crippen LogP contribution in [0.5, 0.6) is 5.75 Å². The molecule has 41 heavy (non-hydrogen) atoms. The van der Waals surface area contributed by atoms with Crippen LogP contribution in [0.4, 0.5) is 5.69 Å². The quantitative estimate of drug-likeness (QED) is 0.344. The largest absolute Gasteiger partial charge is 0.497 e. The maximum atomic E-state index is 14.0. The van der Waals surface area contributed by atoms with Crippen molar-refractivity contribution >= 4 is 27.5 Å². The number of carbonyl (C=O) groups excluding carboxylic acids is 2. The Bertz CT molecular complexity index is 1400. The second-order valence-electron chi connectivity index (χ2n) is 10.5. The van der Waals surface area contributed by atoms with E-state index in [1.165, 1.54) is 4.90 Å². The molecule has 1 N–H and O–H groups in total. The van der Waals surface area contributed by atoms with Gasteiger partial charge in [-0.05, 0) is 68.7 Å². The van der Waals surface area contributed by atoms with E-state index in [0.29, 0.717) is 11.4 Å². The van der Waals surface area contributed by atoms with E-state index >= 15 is 0 Å². The lowest BCUT2D eigenvalue weighted by molar-refractivity contribution is -0.139. The zero-order valence-corrected chi connectivity index (χ0v) is 24.8. The van der Waals surface area contributed by atoms with Gasteiger partial charge >= 0.3 is 0 Å². The Morgan fingerprint density at radius 1 is 0.927 bits per heavy atom. The zero-order valence-electron chi connectivity index (χ0n) is 24.0. The summed E-state index contributed by atoms with van der Waals surface area (Å²) in [5.74, 6) is -0.0489. The minimum Gasteiger partial charge on any atom is -0.497 e. The Hall–Kier alpha value is -3.85. The van der Waals surface area contributed by atoms with E-state index in [4.69, 9.17) is 4.74 Å². The Labute approximate surface area is 243 Å². The molecule has 3 aromatic carbocycles. The molecule has 2 amide bonds. The summed E-state index contributed by atoms with van der Waals surface area (Å²) in [7, 11) is -2.50. The average Bonchev–Trinajstić information content (AvgIpc) is 2.99. The number of benzene rings is 3. The van der Waals surface area contributed by atoms with Gasteiger partial charge in [-0.25, -0.2) is 8.42 Å². The van der Waals surface area contributed by atoms with Crippen LogP contribution in [0.2, 0.25) is 0 Å². The van der Waals surface area contributed by atoms with Crippen LogP contribution < -0.4 is 14.4 Å². The number of nitrogens with zero attached hydrogens (tertiary/aromatic N) is 2. The number of aryl methyl sites for hydroxylation is 1. The number of carbonyl (C=O) groups is 2. The first-order chi connectivity index (χ1) is 19.7. The minimum absolute atomic E-state index is 0.0828. The summed E-state index contributed by atoms with van der Waals surface area (Å²) in [6.07, 6.45) is 5.13. The normalized spacial score (nSPS) is 14.6. The standard InChI is InChI=1S/C32H39N3O5S/c1-24-14-20-30(21-15-24)41(38,39)35(28-12-8-5-9-13-28)23-31(36)34(22-26-16-18-29(40-3)19-17-26)25(2)32(37)33-27-10-6-4-7-11-27/h5,8-9,12-21,25,27H,4,6-7,10-11,22-23H2,1-3H3,(H,33,37)/t25-/m1/s1. The molecule has 0 aliphatic heterocycles. The number of para-hydroxylation sites is 1. The molecule has 0 heterocycles. The monoisotopic (exact) mass is 577 g/mol. The molecule has 218 valence electrons. The molecule has 1 saturated carbocycles. The highest BCUT2D eigenvalue weighted by molar-refractivity contribution is 7.92. The van der Waals surface area contributed by atoms with Gasteiger partial charge in [0.25, 0.3) is 10.0 Å². The summed E-state index contributed by atoms with van der Waals surface area (Å²) in [5, 5.41) is 3.12. The van der Waals surface area contributed by atoms with Crippen LogP contribution in [-0.2, 0) is 26.2 Å². The van der Waals surface area contributed by atoms with Crippen molar-refractivity contribution in [2.24, 2.45) is 0 Å². The summed E-state index contributed by atoms with van der Waals surface area (Å²) >= 11 is 0. The molecular weight excluding hydrogens is 538 g/mol. The molecule has 1 aliphatic rings. The molecule has 0 aromatic heterocycles. The molecule has 8 nitrogen and oxygen atoms in total. The minimum atomic E-state index is -4.08. The van der Waals surface area contributed by atoms with E-state index in [9.17, 15) is 18.0 Å². The highest BCUT2D eigenvalue weighted by Gasteiger charge is 2.33. The van der Waals surface area contributed by atoms with Gasteiger partial charge in [-0.1, -0.05) is 67.3 Å². The maximum Gasteiger partial charge on any atom is 0.264 e. The van der Waals surface area contributed by atoms with E-state index in [1.54, 1.807) is 80.8 Å². The zero-order chi connectivity index (χ0) is 29.4. The predicted molar refractivity (Wildman–Crippen MR) is 160 cm³/mol. The predicted octanol–water partition coefficient (Wildman–Crippen LogP) is 5.07. The van der Waals surface area contributed by atoms with Crippen molar-refractivity contribution in [2.75, 3.05) is 18.0 Å². The number of hydrogen-bond donors (Lipinski definition) is 1. The first kappa shape index (κ1) is 30.1. The van der Waals surface area contributed by atoms with Crippen molar-refractivity contribution in [2.45, 2.75) is 69.5 Å². The first-order valence-electron chi connectivity index (χ1n) is 14.1. The number of sulfonamides is 1. The van der Waals surface area contributed by atoms with Crippen molar-refractivity contribution in [3.63, 3.8) is 0 Å². The van der Waals surface area contributed by atoms with Crippen molar-refractivity contribution in [1.29, 1.82) is 0 Å². The van der Waals surface area contributed by atoms with E-state index in [2.05, 4.69) is 5.32 Å². The first-order valence-corrected chi connectivity index (χ1v) is 15.5. The summed E-state index contributed by atoms with van der Waals surface area (Å²) in [6.45, 7) is 3.25. The SMILES string of the molecule is COc1ccc(CN(C(=O)CN(c2ccccc2)S(=O)(=O)c2ccc(C)cc2)[C@H](C)C(=O)NC2CCCCC2)cc1. The molecule has 3 aromatic rings. The van der Waals surface area contributed by atoms with Gasteiger partial charge < -0.3 is 15.0 Å². The maximum absolute atomic E-state index is 14.0. The van der Waals surface area contributed by atoms with Gasteiger partial charge in [0.2, 0.25) is 11.8 Å². The van der Waals surface area contributed by atoms with Crippen molar-refractivity contribution in [3.05, 3.63) is 90.0 Å². The lowest BCUT2D eigenvalue weighted by Gasteiger charge is -2.33. The molecular formula is C32H39N3O5S. The fourth-order valence-corrected chi connectivity index (χ4v) is 6.45. The number of rotatable bonds is 11. The van der Waals surface area contributed by atoms with Crippen LogP contribution in [0.15, 0.2) is 83.8 Å². The third-order valence-corrected chi connectivity index (χ3v) is 9.35. The van der Waals surface area contributed by atoms with E-state index in [1.807, 2.05) is 19.1 Å². The summed E-state index contributed by atoms with van der Waals surface area (Å²) in [5.41, 5.74) is 2.09. The molecule has 0 radical (unpaired) electrons. The number of amides is 2. The smallest absolute Gasteiger partial charge is 0.264 e. The molecule has 1 fully saturated rings.